The summed E-state index contributed by atoms with van der Waals surface area (Å²) in [5.74, 6) is 0.156. The maximum atomic E-state index is 12.5. The quantitative estimate of drug-likeness (QED) is 0.915. The SMILES string of the molecule is CCCNc1ccc(C(=O)N2CCN(C)CC2)cc1C. The highest BCUT2D eigenvalue weighted by Gasteiger charge is 2.20. The van der Waals surface area contributed by atoms with Gasteiger partial charge in [-0.2, -0.15) is 0 Å². The summed E-state index contributed by atoms with van der Waals surface area (Å²) >= 11 is 0. The second-order valence-electron chi connectivity index (χ2n) is 5.55. The van der Waals surface area contributed by atoms with Crippen LogP contribution in [0.1, 0.15) is 29.3 Å². The number of anilines is 1. The molecule has 1 saturated heterocycles. The first kappa shape index (κ1) is 14.9. The van der Waals surface area contributed by atoms with E-state index in [2.05, 4.69) is 31.1 Å². The molecule has 0 aromatic heterocycles. The van der Waals surface area contributed by atoms with E-state index in [9.17, 15) is 4.79 Å². The van der Waals surface area contributed by atoms with Crippen LogP contribution in [0.4, 0.5) is 5.69 Å². The van der Waals surface area contributed by atoms with Gasteiger partial charge in [0, 0.05) is 44.0 Å². The van der Waals surface area contributed by atoms with Gasteiger partial charge in [0.2, 0.25) is 0 Å². The zero-order valence-electron chi connectivity index (χ0n) is 12.8. The molecule has 0 aliphatic carbocycles. The fourth-order valence-electron chi connectivity index (χ4n) is 2.45. The summed E-state index contributed by atoms with van der Waals surface area (Å²) in [6, 6.07) is 5.96. The van der Waals surface area contributed by atoms with Crippen molar-refractivity contribution in [2.75, 3.05) is 45.1 Å². The summed E-state index contributed by atoms with van der Waals surface area (Å²) in [6.45, 7) is 8.73. The summed E-state index contributed by atoms with van der Waals surface area (Å²) in [6.07, 6.45) is 1.10. The Hall–Kier alpha value is -1.55. The number of carbonyl (C=O) groups excluding carboxylic acids is 1. The van der Waals surface area contributed by atoms with Gasteiger partial charge in [0.25, 0.3) is 5.91 Å². The van der Waals surface area contributed by atoms with Crippen molar-refractivity contribution in [3.05, 3.63) is 29.3 Å². The van der Waals surface area contributed by atoms with E-state index in [0.29, 0.717) is 0 Å². The molecule has 110 valence electrons. The van der Waals surface area contributed by atoms with Gasteiger partial charge < -0.3 is 15.1 Å². The number of nitrogens with one attached hydrogen (secondary N) is 1. The van der Waals surface area contributed by atoms with Gasteiger partial charge in [-0.25, -0.2) is 0 Å². The first-order valence-corrected chi connectivity index (χ1v) is 7.44. The monoisotopic (exact) mass is 275 g/mol. The number of likely N-dealkylation sites (N-methyl/N-ethyl adjacent to an activating group) is 1. The second kappa shape index (κ2) is 6.75. The summed E-state index contributed by atoms with van der Waals surface area (Å²) in [5, 5.41) is 3.38. The van der Waals surface area contributed by atoms with E-state index in [0.717, 1.165) is 56.0 Å². The molecule has 4 heteroatoms. The van der Waals surface area contributed by atoms with Crippen LogP contribution in [-0.2, 0) is 0 Å². The minimum atomic E-state index is 0.156. The van der Waals surface area contributed by atoms with Crippen LogP contribution in [0.3, 0.4) is 0 Å². The molecule has 1 amide bonds. The lowest BCUT2D eigenvalue weighted by Gasteiger charge is -2.32. The van der Waals surface area contributed by atoms with Crippen LogP contribution in [0, 0.1) is 6.92 Å². The van der Waals surface area contributed by atoms with Crippen LogP contribution in [0.5, 0.6) is 0 Å². The predicted octanol–water partition coefficient (Wildman–Crippen LogP) is 2.20. The smallest absolute Gasteiger partial charge is 0.253 e. The van der Waals surface area contributed by atoms with Gasteiger partial charge in [-0.05, 0) is 44.2 Å². The summed E-state index contributed by atoms with van der Waals surface area (Å²) in [7, 11) is 2.10. The fourth-order valence-corrected chi connectivity index (χ4v) is 2.45. The average Bonchev–Trinajstić information content (AvgIpc) is 2.46. The number of hydrogen-bond acceptors (Lipinski definition) is 3. The Morgan fingerprint density at radius 1 is 1.25 bits per heavy atom. The molecule has 4 nitrogen and oxygen atoms in total. The van der Waals surface area contributed by atoms with E-state index >= 15 is 0 Å². The predicted molar refractivity (Wildman–Crippen MR) is 83.4 cm³/mol. The van der Waals surface area contributed by atoms with Crippen LogP contribution in [0.25, 0.3) is 0 Å². The highest BCUT2D eigenvalue weighted by molar-refractivity contribution is 5.95. The lowest BCUT2D eigenvalue weighted by atomic mass is 10.1. The van der Waals surface area contributed by atoms with Crippen molar-refractivity contribution >= 4 is 11.6 Å². The number of aryl methyl sites for hydroxylation is 1. The number of hydrogen-bond donors (Lipinski definition) is 1. The minimum absolute atomic E-state index is 0.156. The van der Waals surface area contributed by atoms with Gasteiger partial charge >= 0.3 is 0 Å². The standard InChI is InChI=1S/C16H25N3O/c1-4-7-17-15-6-5-14(12-13(15)2)16(20)19-10-8-18(3)9-11-19/h5-6,12,17H,4,7-11H2,1-3H3. The molecule has 1 aliphatic rings. The van der Waals surface area contributed by atoms with Gasteiger partial charge in [-0.15, -0.1) is 0 Å². The summed E-state index contributed by atoms with van der Waals surface area (Å²) in [4.78, 5) is 16.7. The maximum Gasteiger partial charge on any atom is 0.253 e. The van der Waals surface area contributed by atoms with Crippen molar-refractivity contribution < 1.29 is 4.79 Å². The van der Waals surface area contributed by atoms with E-state index in [1.807, 2.05) is 23.1 Å². The fraction of sp³-hybridized carbons (Fsp3) is 0.562. The molecule has 20 heavy (non-hydrogen) atoms. The lowest BCUT2D eigenvalue weighted by molar-refractivity contribution is 0.0664. The molecule has 1 aromatic rings. The van der Waals surface area contributed by atoms with Crippen LogP contribution in [-0.4, -0.2) is 55.5 Å². The largest absolute Gasteiger partial charge is 0.385 e. The van der Waals surface area contributed by atoms with E-state index in [4.69, 9.17) is 0 Å². The molecular weight excluding hydrogens is 250 g/mol. The van der Waals surface area contributed by atoms with Gasteiger partial charge in [0.1, 0.15) is 0 Å². The molecule has 0 saturated carbocycles. The molecule has 0 radical (unpaired) electrons. The molecule has 1 aromatic carbocycles. The van der Waals surface area contributed by atoms with E-state index in [-0.39, 0.29) is 5.91 Å². The van der Waals surface area contributed by atoms with Crippen molar-refractivity contribution in [3.63, 3.8) is 0 Å². The van der Waals surface area contributed by atoms with Crippen molar-refractivity contribution in [1.82, 2.24) is 9.80 Å². The topological polar surface area (TPSA) is 35.6 Å². The van der Waals surface area contributed by atoms with Crippen LogP contribution < -0.4 is 5.32 Å². The normalized spacial score (nSPS) is 16.2. The first-order chi connectivity index (χ1) is 9.61. The Balaban J connectivity index is 2.05. The summed E-state index contributed by atoms with van der Waals surface area (Å²) in [5.41, 5.74) is 3.06. The molecule has 0 unspecified atom stereocenters. The minimum Gasteiger partial charge on any atom is -0.385 e. The Labute approximate surface area is 121 Å². The molecule has 1 N–H and O–H groups in total. The zero-order chi connectivity index (χ0) is 14.5. The average molecular weight is 275 g/mol. The Morgan fingerprint density at radius 3 is 2.55 bits per heavy atom. The third-order valence-electron chi connectivity index (χ3n) is 3.83. The molecule has 0 spiro atoms. The number of piperazine rings is 1. The third kappa shape index (κ3) is 3.51. The molecule has 0 bridgehead atoms. The van der Waals surface area contributed by atoms with Crippen molar-refractivity contribution in [2.24, 2.45) is 0 Å². The highest BCUT2D eigenvalue weighted by atomic mass is 16.2. The van der Waals surface area contributed by atoms with Gasteiger partial charge in [-0.3, -0.25) is 4.79 Å². The molecule has 2 rings (SSSR count). The van der Waals surface area contributed by atoms with Crippen molar-refractivity contribution in [3.8, 4) is 0 Å². The van der Waals surface area contributed by atoms with Crippen LogP contribution in [0.15, 0.2) is 18.2 Å². The Bertz CT molecular complexity index is 465. The van der Waals surface area contributed by atoms with E-state index in [1.54, 1.807) is 0 Å². The van der Waals surface area contributed by atoms with E-state index in [1.165, 1.54) is 0 Å². The zero-order valence-corrected chi connectivity index (χ0v) is 12.8. The van der Waals surface area contributed by atoms with Crippen molar-refractivity contribution in [1.29, 1.82) is 0 Å². The van der Waals surface area contributed by atoms with Crippen LogP contribution >= 0.6 is 0 Å². The lowest BCUT2D eigenvalue weighted by Crippen LogP contribution is -2.47. The molecule has 0 atom stereocenters. The second-order valence-corrected chi connectivity index (χ2v) is 5.55. The third-order valence-corrected chi connectivity index (χ3v) is 3.83. The van der Waals surface area contributed by atoms with Crippen LogP contribution in [0.2, 0.25) is 0 Å². The molecular formula is C16H25N3O. The summed E-state index contributed by atoms with van der Waals surface area (Å²) < 4.78 is 0. The Kier molecular flexibility index (Phi) is 5.01. The maximum absolute atomic E-state index is 12.5. The highest BCUT2D eigenvalue weighted by Crippen LogP contribution is 2.18. The van der Waals surface area contributed by atoms with Gasteiger partial charge in [-0.1, -0.05) is 6.92 Å². The Morgan fingerprint density at radius 2 is 1.95 bits per heavy atom. The molecule has 1 aliphatic heterocycles. The molecule has 1 fully saturated rings. The number of nitrogens with zero attached hydrogens (tertiary/aromatic N) is 2. The van der Waals surface area contributed by atoms with E-state index < -0.39 is 0 Å². The first-order valence-electron chi connectivity index (χ1n) is 7.44. The number of benzene rings is 1. The number of rotatable bonds is 4. The van der Waals surface area contributed by atoms with Crippen molar-refractivity contribution in [2.45, 2.75) is 20.3 Å². The number of carbonyl (C=O) groups is 1. The number of amides is 1. The molecule has 1 heterocycles. The van der Waals surface area contributed by atoms with Gasteiger partial charge in [0.05, 0.1) is 0 Å². The van der Waals surface area contributed by atoms with Gasteiger partial charge in [0.15, 0.2) is 0 Å².